The predicted octanol–water partition coefficient (Wildman–Crippen LogP) is 14.4. The summed E-state index contributed by atoms with van der Waals surface area (Å²) in [5, 5.41) is 8.68. The molecular formula is C51H34N2S. The molecule has 0 aliphatic heterocycles. The van der Waals surface area contributed by atoms with Crippen molar-refractivity contribution in [3.05, 3.63) is 182 Å². The van der Waals surface area contributed by atoms with Crippen LogP contribution >= 0.6 is 11.3 Å². The summed E-state index contributed by atoms with van der Waals surface area (Å²) < 4.78 is 48.0. The summed E-state index contributed by atoms with van der Waals surface area (Å²) in [5.41, 5.74) is 8.14. The third-order valence-electron chi connectivity index (χ3n) is 10.8. The third-order valence-corrected chi connectivity index (χ3v) is 12.0. The molecule has 0 saturated heterocycles. The van der Waals surface area contributed by atoms with Gasteiger partial charge in [-0.05, 0) is 96.7 Å². The second-order valence-corrected chi connectivity index (χ2v) is 14.8. The van der Waals surface area contributed by atoms with E-state index in [9.17, 15) is 0 Å². The zero-order valence-electron chi connectivity index (χ0n) is 34.4. The van der Waals surface area contributed by atoms with Gasteiger partial charge in [0.15, 0.2) is 0 Å². The van der Waals surface area contributed by atoms with Crippen LogP contribution in [0.3, 0.4) is 0 Å². The van der Waals surface area contributed by atoms with Gasteiger partial charge >= 0.3 is 0 Å². The van der Waals surface area contributed by atoms with Gasteiger partial charge in [-0.15, -0.1) is 11.3 Å². The molecule has 0 fully saturated rings. The maximum absolute atomic E-state index is 8.96. The van der Waals surface area contributed by atoms with Crippen LogP contribution in [0.2, 0.25) is 0 Å². The van der Waals surface area contributed by atoms with Gasteiger partial charge in [-0.3, -0.25) is 4.57 Å². The Morgan fingerprint density at radius 2 is 1.20 bits per heavy atom. The summed E-state index contributed by atoms with van der Waals surface area (Å²) in [4.78, 5) is 5.02. The van der Waals surface area contributed by atoms with Crippen LogP contribution in [-0.4, -0.2) is 9.55 Å². The van der Waals surface area contributed by atoms with Gasteiger partial charge in [-0.2, -0.15) is 0 Å². The zero-order valence-corrected chi connectivity index (χ0v) is 30.2. The lowest BCUT2D eigenvalue weighted by Gasteiger charge is -2.21. The first-order chi connectivity index (χ1) is 28.8. The Morgan fingerprint density at radius 1 is 0.537 bits per heavy atom. The van der Waals surface area contributed by atoms with Gasteiger partial charge in [0.2, 0.25) is 0 Å². The molecule has 0 amide bonds. The van der Waals surface area contributed by atoms with E-state index >= 15 is 0 Å². The normalized spacial score (nSPS) is 13.2. The molecule has 0 unspecified atom stereocenters. The lowest BCUT2D eigenvalue weighted by Crippen LogP contribution is -2.01. The van der Waals surface area contributed by atoms with E-state index in [-0.39, 0.29) is 29.7 Å². The Hall–Kier alpha value is -6.55. The average Bonchev–Trinajstić information content (AvgIpc) is 3.85. The molecule has 11 rings (SSSR count). The van der Waals surface area contributed by atoms with E-state index in [1.165, 1.54) is 20.2 Å². The van der Waals surface area contributed by atoms with Gasteiger partial charge in [0.05, 0.1) is 23.6 Å². The molecule has 0 bridgehead atoms. The van der Waals surface area contributed by atoms with E-state index in [0.29, 0.717) is 5.56 Å². The van der Waals surface area contributed by atoms with Crippen LogP contribution in [0.25, 0.3) is 103 Å². The summed E-state index contributed by atoms with van der Waals surface area (Å²) in [6, 6.07) is 49.5. The molecule has 2 heterocycles. The second kappa shape index (κ2) is 12.3. The number of nitrogens with zero attached hydrogens (tertiary/aromatic N) is 2. The highest BCUT2D eigenvalue weighted by Gasteiger charge is 2.22. The topological polar surface area (TPSA) is 17.8 Å². The molecule has 0 N–H and O–H groups in total. The standard InChI is InChI=1S/C51H34N2S/c1-2-48-52-43-23-11-12-24-45(43)53(48)44-30-29-38(34-17-6-7-18-35(34)44)49-36-19-8-9-20-37(36)50(42-31-33(27-28-39(42)49)32-15-4-3-5-16-32)41-22-14-26-47-51(41)40-21-10-13-25-46(40)54-47/h3-31H,2H2,1H3/i3D,4D,5D,15D,16D. The number of thiophene rings is 1. The summed E-state index contributed by atoms with van der Waals surface area (Å²) >= 11 is 1.78. The van der Waals surface area contributed by atoms with E-state index < -0.39 is 6.04 Å². The largest absolute Gasteiger partial charge is 0.296 e. The molecule has 0 aliphatic carbocycles. The highest BCUT2D eigenvalue weighted by Crippen LogP contribution is 2.50. The molecule has 0 spiro atoms. The molecule has 0 radical (unpaired) electrons. The van der Waals surface area contributed by atoms with Crippen molar-refractivity contribution < 1.29 is 6.85 Å². The first kappa shape index (κ1) is 26.3. The minimum Gasteiger partial charge on any atom is -0.296 e. The van der Waals surface area contributed by atoms with Gasteiger partial charge in [-0.25, -0.2) is 4.98 Å². The summed E-state index contributed by atoms with van der Waals surface area (Å²) in [5.74, 6) is 1.000. The van der Waals surface area contributed by atoms with E-state index in [4.69, 9.17) is 11.8 Å². The Bertz CT molecular complexity index is 3540. The van der Waals surface area contributed by atoms with Gasteiger partial charge in [0.25, 0.3) is 0 Å². The van der Waals surface area contributed by atoms with Crippen molar-refractivity contribution in [3.63, 3.8) is 0 Å². The lowest BCUT2D eigenvalue weighted by atomic mass is 9.83. The molecule has 11 aromatic rings. The molecule has 9 aromatic carbocycles. The van der Waals surface area contributed by atoms with Crippen LogP contribution in [0.15, 0.2) is 176 Å². The highest BCUT2D eigenvalue weighted by molar-refractivity contribution is 7.26. The quantitative estimate of drug-likeness (QED) is 0.163. The number of hydrogen-bond donors (Lipinski definition) is 0. The fourth-order valence-electron chi connectivity index (χ4n) is 8.57. The fourth-order valence-corrected chi connectivity index (χ4v) is 9.70. The van der Waals surface area contributed by atoms with E-state index in [0.717, 1.165) is 83.5 Å². The lowest BCUT2D eigenvalue weighted by molar-refractivity contribution is 0.913. The molecule has 2 aromatic heterocycles. The number of fused-ring (bicyclic) bond motifs is 7. The van der Waals surface area contributed by atoms with E-state index in [1.54, 1.807) is 11.3 Å². The summed E-state index contributed by atoms with van der Waals surface area (Å²) in [6.45, 7) is 2.14. The Morgan fingerprint density at radius 3 is 2.02 bits per heavy atom. The van der Waals surface area contributed by atoms with Crippen molar-refractivity contribution in [1.29, 1.82) is 0 Å². The van der Waals surface area contributed by atoms with Gasteiger partial charge in [-0.1, -0.05) is 146 Å². The SMILES string of the molecule is [2H]c1c([2H])c([2H])c(-c2ccc3c(-c4ccc(-n5c(CC)nc6ccccc65)c5ccccc45)c4ccccc4c(-c4cccc5sc6ccccc6c45)c3c2)c([2H])c1[2H]. The van der Waals surface area contributed by atoms with Crippen LogP contribution in [0.1, 0.15) is 19.6 Å². The molecule has 0 atom stereocenters. The van der Waals surface area contributed by atoms with Gasteiger partial charge < -0.3 is 0 Å². The smallest absolute Gasteiger partial charge is 0.114 e. The Kier molecular flexibility index (Phi) is 5.96. The molecule has 0 aliphatic rings. The number of aromatic nitrogens is 2. The molecule has 254 valence electrons. The van der Waals surface area contributed by atoms with Gasteiger partial charge in [0.1, 0.15) is 5.82 Å². The van der Waals surface area contributed by atoms with Crippen LogP contribution in [0.4, 0.5) is 0 Å². The van der Waals surface area contributed by atoms with Crippen LogP contribution in [0.5, 0.6) is 0 Å². The van der Waals surface area contributed by atoms with E-state index in [2.05, 4.69) is 139 Å². The van der Waals surface area contributed by atoms with Gasteiger partial charge in [0, 0.05) is 32.0 Å². The first-order valence-corrected chi connectivity index (χ1v) is 19.1. The molecule has 54 heavy (non-hydrogen) atoms. The minimum absolute atomic E-state index is 0.187. The molecule has 0 saturated carbocycles. The monoisotopic (exact) mass is 711 g/mol. The number of rotatable bonds is 5. The first-order valence-electron chi connectivity index (χ1n) is 20.8. The van der Waals surface area contributed by atoms with Crippen LogP contribution in [0, 0.1) is 0 Å². The Balaban J connectivity index is 1.29. The number of benzene rings is 9. The zero-order chi connectivity index (χ0) is 40.1. The van der Waals surface area contributed by atoms with Crippen LogP contribution < -0.4 is 0 Å². The van der Waals surface area contributed by atoms with Crippen molar-refractivity contribution in [3.8, 4) is 39.1 Å². The number of aryl methyl sites for hydroxylation is 1. The average molecular weight is 712 g/mol. The number of imidazole rings is 1. The highest BCUT2D eigenvalue weighted by atomic mass is 32.1. The van der Waals surface area contributed by atoms with Crippen molar-refractivity contribution in [2.24, 2.45) is 0 Å². The number of para-hydroxylation sites is 2. The summed E-state index contributed by atoms with van der Waals surface area (Å²) in [7, 11) is 0. The fraction of sp³-hybridized carbons (Fsp3) is 0.0392. The third kappa shape index (κ3) is 4.62. The predicted molar refractivity (Wildman–Crippen MR) is 232 cm³/mol. The molecule has 3 heteroatoms. The van der Waals surface area contributed by atoms with E-state index in [1.807, 2.05) is 18.2 Å². The van der Waals surface area contributed by atoms with Crippen molar-refractivity contribution in [2.75, 3.05) is 0 Å². The van der Waals surface area contributed by atoms with Crippen molar-refractivity contribution in [1.82, 2.24) is 9.55 Å². The number of hydrogen-bond acceptors (Lipinski definition) is 2. The minimum atomic E-state index is -0.403. The van der Waals surface area contributed by atoms with Crippen molar-refractivity contribution in [2.45, 2.75) is 13.3 Å². The van der Waals surface area contributed by atoms with Crippen LogP contribution in [-0.2, 0) is 6.42 Å². The Labute approximate surface area is 324 Å². The molecular weight excluding hydrogens is 673 g/mol. The maximum Gasteiger partial charge on any atom is 0.114 e. The maximum atomic E-state index is 8.96. The van der Waals surface area contributed by atoms with Crippen molar-refractivity contribution >= 4 is 74.9 Å². The second-order valence-electron chi connectivity index (χ2n) is 13.7. The summed E-state index contributed by atoms with van der Waals surface area (Å²) in [6.07, 6.45) is 0.782. The molecule has 2 nitrogen and oxygen atoms in total.